The number of nitrogens with zero attached hydrogens (tertiary/aromatic N) is 2. The van der Waals surface area contributed by atoms with Gasteiger partial charge in [-0.2, -0.15) is 0 Å². The summed E-state index contributed by atoms with van der Waals surface area (Å²) in [5.41, 5.74) is 1.97. The van der Waals surface area contributed by atoms with Gasteiger partial charge in [0.15, 0.2) is 0 Å². The molecule has 0 saturated carbocycles. The number of nitrogens with one attached hydrogen (secondary N) is 1. The molecule has 0 aromatic heterocycles. The molecule has 2 atom stereocenters. The first kappa shape index (κ1) is 23.0. The monoisotopic (exact) mass is 455 g/mol. The Morgan fingerprint density at radius 2 is 1.91 bits per heavy atom. The van der Waals surface area contributed by atoms with Crippen LogP contribution in [0.1, 0.15) is 30.6 Å². The summed E-state index contributed by atoms with van der Waals surface area (Å²) in [5, 5.41) is 12.6. The fourth-order valence-corrected chi connectivity index (χ4v) is 4.54. The van der Waals surface area contributed by atoms with Crippen LogP contribution >= 0.6 is 0 Å². The molecule has 176 valence electrons. The molecule has 0 aliphatic carbocycles. The Kier molecular flexibility index (Phi) is 6.83. The quantitative estimate of drug-likeness (QED) is 0.719. The maximum Gasteiger partial charge on any atom is 0.407 e. The molecule has 2 fully saturated rings. The lowest BCUT2D eigenvalue weighted by molar-refractivity contribution is 0.0573. The topological polar surface area (TPSA) is 82.1 Å². The summed E-state index contributed by atoms with van der Waals surface area (Å²) in [5.74, 6) is 0.488. The lowest BCUT2D eigenvalue weighted by Gasteiger charge is -2.38. The molecule has 0 bridgehead atoms. The van der Waals surface area contributed by atoms with Crippen LogP contribution in [-0.2, 0) is 0 Å². The Labute approximate surface area is 193 Å². The van der Waals surface area contributed by atoms with Crippen molar-refractivity contribution in [1.29, 1.82) is 0 Å². The highest BCUT2D eigenvalue weighted by atomic mass is 19.1. The molecule has 2 aliphatic heterocycles. The van der Waals surface area contributed by atoms with Crippen LogP contribution in [0.2, 0.25) is 0 Å². The minimum atomic E-state index is -0.962. The normalized spacial score (nSPS) is 20.8. The first-order chi connectivity index (χ1) is 15.8. The second-order valence-corrected chi connectivity index (χ2v) is 8.99. The molecular formula is C25H30FN3O4. The van der Waals surface area contributed by atoms with Gasteiger partial charge in [0, 0.05) is 49.8 Å². The highest BCUT2D eigenvalue weighted by Crippen LogP contribution is 2.34. The van der Waals surface area contributed by atoms with Gasteiger partial charge in [0.2, 0.25) is 0 Å². The van der Waals surface area contributed by atoms with Crippen molar-refractivity contribution < 1.29 is 23.8 Å². The van der Waals surface area contributed by atoms with E-state index in [-0.39, 0.29) is 30.4 Å². The Balaban J connectivity index is 1.65. The molecule has 2 aliphatic rings. The number of hydrogen-bond donors (Lipinski definition) is 2. The average molecular weight is 456 g/mol. The van der Waals surface area contributed by atoms with Gasteiger partial charge in [-0.1, -0.05) is 26.0 Å². The predicted octanol–water partition coefficient (Wildman–Crippen LogP) is 3.69. The molecular weight excluding hydrogens is 425 g/mol. The van der Waals surface area contributed by atoms with E-state index in [1.807, 2.05) is 4.90 Å². The van der Waals surface area contributed by atoms with E-state index in [4.69, 9.17) is 4.74 Å². The lowest BCUT2D eigenvalue weighted by Crippen LogP contribution is -2.55. The van der Waals surface area contributed by atoms with E-state index in [2.05, 4.69) is 19.2 Å². The zero-order valence-electron chi connectivity index (χ0n) is 19.0. The van der Waals surface area contributed by atoms with Gasteiger partial charge in [-0.05, 0) is 41.8 Å². The van der Waals surface area contributed by atoms with E-state index in [0.717, 1.165) is 18.7 Å². The number of piperazine rings is 1. The van der Waals surface area contributed by atoms with Crippen LogP contribution in [0.15, 0.2) is 42.5 Å². The molecule has 7 nitrogen and oxygen atoms in total. The summed E-state index contributed by atoms with van der Waals surface area (Å²) in [6, 6.07) is 11.5. The number of carbonyl (C=O) groups excluding carboxylic acids is 1. The van der Waals surface area contributed by atoms with Crippen molar-refractivity contribution in [3.05, 3.63) is 53.8 Å². The number of halogens is 1. The Morgan fingerprint density at radius 1 is 1.15 bits per heavy atom. The number of rotatable bonds is 5. The zero-order valence-corrected chi connectivity index (χ0v) is 19.0. The number of likely N-dealkylation sites (tertiary alicyclic amines) is 1. The zero-order chi connectivity index (χ0) is 23.5. The number of carbonyl (C=O) groups is 2. The van der Waals surface area contributed by atoms with E-state index < -0.39 is 6.09 Å². The van der Waals surface area contributed by atoms with Crippen molar-refractivity contribution in [3.63, 3.8) is 0 Å². The highest BCUT2D eigenvalue weighted by Gasteiger charge is 2.31. The Bertz CT molecular complexity index is 1010. The van der Waals surface area contributed by atoms with Gasteiger partial charge in [-0.15, -0.1) is 0 Å². The van der Waals surface area contributed by atoms with Crippen LogP contribution in [0.5, 0.6) is 5.75 Å². The standard InChI is InChI=1S/C25H30FN3O4/c1-16(2)22-14-27-10-12-29(22)24(30)18-5-8-23(33-20-9-11-28(15-20)25(31)32)21(13-18)17-3-6-19(26)7-4-17/h3-8,13,16,20,22,27H,9-12,14-15H2,1-2H3,(H,31,32)/t20-,22+/m0/s1. The van der Waals surface area contributed by atoms with Crippen LogP contribution in [0.25, 0.3) is 11.1 Å². The van der Waals surface area contributed by atoms with Gasteiger partial charge in [0.05, 0.1) is 6.54 Å². The molecule has 2 amide bonds. The fourth-order valence-electron chi connectivity index (χ4n) is 4.54. The van der Waals surface area contributed by atoms with Crippen molar-refractivity contribution in [2.45, 2.75) is 32.4 Å². The molecule has 0 unspecified atom stereocenters. The first-order valence-electron chi connectivity index (χ1n) is 11.4. The summed E-state index contributed by atoms with van der Waals surface area (Å²) in [6.07, 6.45) is -0.649. The van der Waals surface area contributed by atoms with E-state index in [9.17, 15) is 19.1 Å². The maximum absolute atomic E-state index is 13.6. The van der Waals surface area contributed by atoms with Gasteiger partial charge in [-0.3, -0.25) is 4.79 Å². The van der Waals surface area contributed by atoms with Crippen molar-refractivity contribution >= 4 is 12.0 Å². The van der Waals surface area contributed by atoms with Gasteiger partial charge < -0.3 is 25.0 Å². The summed E-state index contributed by atoms with van der Waals surface area (Å²) < 4.78 is 19.7. The SMILES string of the molecule is CC(C)[C@H]1CNCCN1C(=O)c1ccc(O[C@H]2CCN(C(=O)O)C2)c(-c2ccc(F)cc2)c1. The minimum absolute atomic E-state index is 0.0389. The minimum Gasteiger partial charge on any atom is -0.488 e. The predicted molar refractivity (Wildman–Crippen MR) is 123 cm³/mol. The van der Waals surface area contributed by atoms with Crippen LogP contribution in [0.3, 0.4) is 0 Å². The van der Waals surface area contributed by atoms with Crippen LogP contribution in [-0.4, -0.2) is 71.8 Å². The molecule has 2 aromatic carbocycles. The average Bonchev–Trinajstić information content (AvgIpc) is 3.28. The van der Waals surface area contributed by atoms with Crippen LogP contribution in [0, 0.1) is 11.7 Å². The molecule has 2 aromatic rings. The van der Waals surface area contributed by atoms with E-state index >= 15 is 0 Å². The van der Waals surface area contributed by atoms with Crippen molar-refractivity contribution in [1.82, 2.24) is 15.1 Å². The maximum atomic E-state index is 13.6. The number of benzene rings is 2. The van der Waals surface area contributed by atoms with E-state index in [1.54, 1.807) is 30.3 Å². The molecule has 4 rings (SSSR count). The smallest absolute Gasteiger partial charge is 0.407 e. The molecule has 0 radical (unpaired) electrons. The lowest BCUT2D eigenvalue weighted by atomic mass is 9.97. The third-order valence-corrected chi connectivity index (χ3v) is 6.40. The molecule has 2 N–H and O–H groups in total. The van der Waals surface area contributed by atoms with Gasteiger partial charge in [-0.25, -0.2) is 9.18 Å². The number of hydrogen-bond acceptors (Lipinski definition) is 4. The van der Waals surface area contributed by atoms with Gasteiger partial charge in [0.25, 0.3) is 5.91 Å². The summed E-state index contributed by atoms with van der Waals surface area (Å²) >= 11 is 0. The third kappa shape index (κ3) is 5.11. The Morgan fingerprint density at radius 3 is 2.58 bits per heavy atom. The van der Waals surface area contributed by atoms with Gasteiger partial charge in [0.1, 0.15) is 17.7 Å². The van der Waals surface area contributed by atoms with Crippen LogP contribution in [0.4, 0.5) is 9.18 Å². The number of ether oxygens (including phenoxy) is 1. The second kappa shape index (κ2) is 9.79. The molecule has 0 spiro atoms. The Hall–Kier alpha value is -3.13. The van der Waals surface area contributed by atoms with Crippen LogP contribution < -0.4 is 10.1 Å². The number of carboxylic acid groups (broad SMARTS) is 1. The third-order valence-electron chi connectivity index (χ3n) is 6.40. The summed E-state index contributed by atoms with van der Waals surface area (Å²) in [7, 11) is 0. The second-order valence-electron chi connectivity index (χ2n) is 8.99. The first-order valence-corrected chi connectivity index (χ1v) is 11.4. The van der Waals surface area contributed by atoms with Crippen molar-refractivity contribution in [2.24, 2.45) is 5.92 Å². The molecule has 33 heavy (non-hydrogen) atoms. The fraction of sp³-hybridized carbons (Fsp3) is 0.440. The highest BCUT2D eigenvalue weighted by molar-refractivity contribution is 5.96. The van der Waals surface area contributed by atoms with Crippen molar-refractivity contribution in [2.75, 3.05) is 32.7 Å². The van der Waals surface area contributed by atoms with Crippen molar-refractivity contribution in [3.8, 4) is 16.9 Å². The molecule has 2 saturated heterocycles. The molecule has 8 heteroatoms. The largest absolute Gasteiger partial charge is 0.488 e. The molecule has 2 heterocycles. The van der Waals surface area contributed by atoms with E-state index in [1.165, 1.54) is 17.0 Å². The number of amides is 2. The van der Waals surface area contributed by atoms with E-state index in [0.29, 0.717) is 42.3 Å². The summed E-state index contributed by atoms with van der Waals surface area (Å²) in [6.45, 7) is 7.08. The van der Waals surface area contributed by atoms with Gasteiger partial charge >= 0.3 is 6.09 Å². The summed E-state index contributed by atoms with van der Waals surface area (Å²) in [4.78, 5) is 28.0.